The highest BCUT2D eigenvalue weighted by Gasteiger charge is 2.22. The van der Waals surface area contributed by atoms with Crippen LogP contribution in [0.15, 0.2) is 35.3 Å². The molecule has 1 aliphatic rings. The molecule has 2 unspecified atom stereocenters. The van der Waals surface area contributed by atoms with Crippen LogP contribution in [-0.2, 0) is 24.3 Å². The first-order valence-electron chi connectivity index (χ1n) is 9.28. The van der Waals surface area contributed by atoms with Gasteiger partial charge in [-0.3, -0.25) is 4.99 Å². The molecule has 3 rings (SSSR count). The second-order valence-corrected chi connectivity index (χ2v) is 6.63. The Labute approximate surface area is 183 Å². The van der Waals surface area contributed by atoms with Crippen LogP contribution in [0.5, 0.6) is 5.75 Å². The standard InChI is InChI=1S/C19H28N6O2.HI/c1-14(27-16-7-5-4-6-8-16)11-21-19(20-2)22-15-9-10-18-23-17(13-26-3)24-25(18)12-15;/h4-8,14-15H,9-13H2,1-3H3,(H2,20,21,22);1H. The number of fused-ring (bicyclic) bond motifs is 1. The molecule has 0 spiro atoms. The first-order valence-corrected chi connectivity index (χ1v) is 9.28. The fraction of sp³-hybridized carbons (Fsp3) is 0.526. The number of nitrogens with one attached hydrogen (secondary N) is 2. The van der Waals surface area contributed by atoms with Crippen LogP contribution < -0.4 is 15.4 Å². The molecule has 0 bridgehead atoms. The molecular weight excluding hydrogens is 471 g/mol. The van der Waals surface area contributed by atoms with Gasteiger partial charge < -0.3 is 20.1 Å². The summed E-state index contributed by atoms with van der Waals surface area (Å²) in [6.07, 6.45) is 1.90. The molecule has 2 aromatic rings. The Morgan fingerprint density at radius 2 is 2.14 bits per heavy atom. The van der Waals surface area contributed by atoms with Gasteiger partial charge in [0.2, 0.25) is 0 Å². The van der Waals surface area contributed by atoms with E-state index in [4.69, 9.17) is 9.47 Å². The van der Waals surface area contributed by atoms with E-state index < -0.39 is 0 Å². The predicted octanol–water partition coefficient (Wildman–Crippen LogP) is 1.99. The van der Waals surface area contributed by atoms with Gasteiger partial charge in [-0.15, -0.1) is 24.0 Å². The Morgan fingerprint density at radius 1 is 1.36 bits per heavy atom. The molecule has 0 saturated carbocycles. The molecule has 1 aromatic carbocycles. The number of aryl methyl sites for hydroxylation is 1. The van der Waals surface area contributed by atoms with Crippen LogP contribution in [0, 0.1) is 0 Å². The Kier molecular flexibility index (Phi) is 8.97. The molecule has 0 saturated heterocycles. The van der Waals surface area contributed by atoms with E-state index in [0.29, 0.717) is 13.2 Å². The first-order chi connectivity index (χ1) is 13.2. The number of nitrogens with zero attached hydrogens (tertiary/aromatic N) is 4. The van der Waals surface area contributed by atoms with Gasteiger partial charge in [0.25, 0.3) is 0 Å². The molecule has 2 atom stereocenters. The Bertz CT molecular complexity index is 752. The summed E-state index contributed by atoms with van der Waals surface area (Å²) in [4.78, 5) is 8.84. The minimum absolute atomic E-state index is 0. The zero-order valence-electron chi connectivity index (χ0n) is 16.6. The number of aromatic nitrogens is 3. The molecule has 0 amide bonds. The Balaban J connectivity index is 0.00000280. The average Bonchev–Trinajstić information content (AvgIpc) is 3.08. The zero-order valence-corrected chi connectivity index (χ0v) is 18.9. The van der Waals surface area contributed by atoms with Crippen molar-refractivity contribution in [3.05, 3.63) is 42.0 Å². The molecule has 8 nitrogen and oxygen atoms in total. The summed E-state index contributed by atoms with van der Waals surface area (Å²) >= 11 is 0. The number of ether oxygens (including phenoxy) is 2. The Morgan fingerprint density at radius 3 is 2.86 bits per heavy atom. The molecule has 9 heteroatoms. The zero-order chi connectivity index (χ0) is 19.1. The lowest BCUT2D eigenvalue weighted by molar-refractivity contribution is 0.177. The lowest BCUT2D eigenvalue weighted by atomic mass is 10.1. The van der Waals surface area contributed by atoms with Gasteiger partial charge in [0.15, 0.2) is 11.8 Å². The highest BCUT2D eigenvalue weighted by Crippen LogP contribution is 2.13. The van der Waals surface area contributed by atoms with Crippen molar-refractivity contribution >= 4 is 29.9 Å². The molecule has 2 N–H and O–H groups in total. The average molecular weight is 500 g/mol. The van der Waals surface area contributed by atoms with Gasteiger partial charge in [0.1, 0.15) is 24.3 Å². The van der Waals surface area contributed by atoms with Crippen molar-refractivity contribution in [2.45, 2.75) is 45.1 Å². The third-order valence-electron chi connectivity index (χ3n) is 4.38. The summed E-state index contributed by atoms with van der Waals surface area (Å²) in [6, 6.07) is 10.1. The van der Waals surface area contributed by atoms with E-state index >= 15 is 0 Å². The number of hydrogen-bond donors (Lipinski definition) is 2. The maximum Gasteiger partial charge on any atom is 0.191 e. The lowest BCUT2D eigenvalue weighted by Crippen LogP contribution is -2.48. The number of aliphatic imine (C=N–C) groups is 1. The van der Waals surface area contributed by atoms with Gasteiger partial charge in [-0.1, -0.05) is 18.2 Å². The molecule has 0 aliphatic carbocycles. The SMILES string of the molecule is CN=C(NCC(C)Oc1ccccc1)NC1CCc2nc(COC)nn2C1.I. The molecule has 0 fully saturated rings. The minimum atomic E-state index is 0. The summed E-state index contributed by atoms with van der Waals surface area (Å²) in [7, 11) is 3.43. The van der Waals surface area contributed by atoms with Crippen molar-refractivity contribution in [1.29, 1.82) is 0 Å². The summed E-state index contributed by atoms with van der Waals surface area (Å²) in [5.74, 6) is 3.40. The van der Waals surface area contributed by atoms with E-state index in [1.54, 1.807) is 14.2 Å². The van der Waals surface area contributed by atoms with Crippen LogP contribution in [-0.4, -0.2) is 53.6 Å². The van der Waals surface area contributed by atoms with Gasteiger partial charge in [-0.05, 0) is 25.5 Å². The second-order valence-electron chi connectivity index (χ2n) is 6.63. The Hall–Kier alpha value is -1.88. The normalized spacial score (nSPS) is 17.2. The summed E-state index contributed by atoms with van der Waals surface area (Å²) < 4.78 is 13.0. The maximum atomic E-state index is 5.89. The quantitative estimate of drug-likeness (QED) is 0.344. The summed E-state index contributed by atoms with van der Waals surface area (Å²) in [6.45, 7) is 3.91. The smallest absolute Gasteiger partial charge is 0.191 e. The number of methoxy groups -OCH3 is 1. The highest BCUT2D eigenvalue weighted by molar-refractivity contribution is 14.0. The molecule has 0 radical (unpaired) electrons. The van der Waals surface area contributed by atoms with Gasteiger partial charge in [-0.2, -0.15) is 5.10 Å². The van der Waals surface area contributed by atoms with Crippen LogP contribution in [0.4, 0.5) is 0 Å². The van der Waals surface area contributed by atoms with Gasteiger partial charge in [0, 0.05) is 26.6 Å². The number of rotatable bonds is 7. The fourth-order valence-corrected chi connectivity index (χ4v) is 3.07. The third kappa shape index (κ3) is 6.33. The minimum Gasteiger partial charge on any atom is -0.489 e. The van der Waals surface area contributed by atoms with Gasteiger partial charge in [0.05, 0.1) is 13.1 Å². The van der Waals surface area contributed by atoms with E-state index in [-0.39, 0.29) is 36.1 Å². The molecular formula is C19H29IN6O2. The number of guanidine groups is 1. The molecule has 1 aliphatic heterocycles. The molecule has 28 heavy (non-hydrogen) atoms. The van der Waals surface area contributed by atoms with Gasteiger partial charge in [-0.25, -0.2) is 9.67 Å². The highest BCUT2D eigenvalue weighted by atomic mass is 127. The van der Waals surface area contributed by atoms with Crippen molar-refractivity contribution < 1.29 is 9.47 Å². The van der Waals surface area contributed by atoms with E-state index in [9.17, 15) is 0 Å². The van der Waals surface area contributed by atoms with Crippen molar-refractivity contribution in [2.75, 3.05) is 20.7 Å². The van der Waals surface area contributed by atoms with Crippen LogP contribution in [0.3, 0.4) is 0 Å². The van der Waals surface area contributed by atoms with Crippen molar-refractivity contribution in [3.8, 4) is 5.75 Å². The maximum absolute atomic E-state index is 5.89. The fourth-order valence-electron chi connectivity index (χ4n) is 3.07. The van der Waals surface area contributed by atoms with Gasteiger partial charge >= 0.3 is 0 Å². The number of benzene rings is 1. The van der Waals surface area contributed by atoms with Crippen LogP contribution in [0.25, 0.3) is 0 Å². The number of hydrogen-bond acceptors (Lipinski definition) is 5. The molecule has 1 aromatic heterocycles. The van der Waals surface area contributed by atoms with E-state index in [1.807, 2.05) is 41.9 Å². The third-order valence-corrected chi connectivity index (χ3v) is 4.38. The first kappa shape index (κ1) is 22.4. The largest absolute Gasteiger partial charge is 0.489 e. The lowest BCUT2D eigenvalue weighted by Gasteiger charge is -2.26. The predicted molar refractivity (Wildman–Crippen MR) is 119 cm³/mol. The van der Waals surface area contributed by atoms with E-state index in [2.05, 4.69) is 25.7 Å². The second kappa shape index (κ2) is 11.2. The van der Waals surface area contributed by atoms with Crippen LogP contribution >= 0.6 is 24.0 Å². The van der Waals surface area contributed by atoms with Crippen molar-refractivity contribution in [3.63, 3.8) is 0 Å². The van der Waals surface area contributed by atoms with Crippen LogP contribution in [0.1, 0.15) is 25.0 Å². The topological polar surface area (TPSA) is 85.6 Å². The van der Waals surface area contributed by atoms with Crippen molar-refractivity contribution in [1.82, 2.24) is 25.4 Å². The summed E-state index contributed by atoms with van der Waals surface area (Å²) in [5.41, 5.74) is 0. The monoisotopic (exact) mass is 500 g/mol. The van der Waals surface area contributed by atoms with E-state index in [0.717, 1.165) is 42.7 Å². The summed E-state index contributed by atoms with van der Waals surface area (Å²) in [5, 5.41) is 11.3. The number of halogens is 1. The number of para-hydroxylation sites is 1. The van der Waals surface area contributed by atoms with Crippen LogP contribution in [0.2, 0.25) is 0 Å². The van der Waals surface area contributed by atoms with E-state index in [1.165, 1.54) is 0 Å². The van der Waals surface area contributed by atoms with Crippen molar-refractivity contribution in [2.24, 2.45) is 4.99 Å². The molecule has 2 heterocycles. The molecule has 154 valence electrons.